The van der Waals surface area contributed by atoms with Crippen molar-refractivity contribution in [2.75, 3.05) is 6.61 Å². The normalized spacial score (nSPS) is 14.8. The van der Waals surface area contributed by atoms with Crippen LogP contribution < -0.4 is 19.6 Å². The highest BCUT2D eigenvalue weighted by Crippen LogP contribution is 2.34. The van der Waals surface area contributed by atoms with E-state index in [1.165, 1.54) is 28.0 Å². The van der Waals surface area contributed by atoms with Crippen LogP contribution in [0.1, 0.15) is 36.6 Å². The largest absolute Gasteiger partial charge is 0.489 e. The number of nitro groups is 1. The minimum absolute atomic E-state index is 0.0221. The lowest BCUT2D eigenvalue weighted by molar-refractivity contribution is -0.384. The number of rotatable bonds is 8. The first-order chi connectivity index (χ1) is 19.8. The number of ether oxygens (including phenoxy) is 2. The van der Waals surface area contributed by atoms with Crippen LogP contribution in [0.4, 0.5) is 5.69 Å². The zero-order valence-corrected chi connectivity index (χ0v) is 23.6. The van der Waals surface area contributed by atoms with Crippen LogP contribution in [0.5, 0.6) is 5.75 Å². The molecule has 0 saturated carbocycles. The Morgan fingerprint density at radius 3 is 2.49 bits per heavy atom. The molecule has 0 aliphatic carbocycles. The quantitative estimate of drug-likeness (QED) is 0.163. The summed E-state index contributed by atoms with van der Waals surface area (Å²) >= 11 is 7.77. The van der Waals surface area contributed by atoms with Gasteiger partial charge in [-0.25, -0.2) is 9.79 Å². The summed E-state index contributed by atoms with van der Waals surface area (Å²) in [5.41, 5.74) is 2.64. The van der Waals surface area contributed by atoms with Crippen molar-refractivity contribution >= 4 is 40.7 Å². The highest BCUT2D eigenvalue weighted by molar-refractivity contribution is 7.07. The minimum Gasteiger partial charge on any atom is -0.489 e. The fraction of sp³-hybridized carbons (Fsp3) is 0.167. The summed E-state index contributed by atoms with van der Waals surface area (Å²) in [6.07, 6.45) is 1.76. The fourth-order valence-electron chi connectivity index (χ4n) is 4.47. The van der Waals surface area contributed by atoms with Crippen molar-refractivity contribution in [3.05, 3.63) is 136 Å². The van der Waals surface area contributed by atoms with Gasteiger partial charge in [-0.15, -0.1) is 0 Å². The number of esters is 1. The van der Waals surface area contributed by atoms with Gasteiger partial charge in [0, 0.05) is 17.2 Å². The van der Waals surface area contributed by atoms with Gasteiger partial charge >= 0.3 is 5.97 Å². The van der Waals surface area contributed by atoms with Gasteiger partial charge in [-0.3, -0.25) is 19.5 Å². The van der Waals surface area contributed by atoms with E-state index < -0.39 is 16.9 Å². The van der Waals surface area contributed by atoms with Crippen LogP contribution in [0.15, 0.2) is 93.9 Å². The summed E-state index contributed by atoms with van der Waals surface area (Å²) in [5.74, 6) is 0.0626. The maximum atomic E-state index is 13.7. The summed E-state index contributed by atoms with van der Waals surface area (Å²) in [5, 5.41) is 11.3. The SMILES string of the molecule is CCOC(=O)C1=C(C)N=c2s/c(=C\c3ccc(OCc4ccc([N+](=O)[O-])cc4)cc3)c(=O)n2[C@@H]1c1ccccc1Cl. The van der Waals surface area contributed by atoms with E-state index in [9.17, 15) is 19.7 Å². The first-order valence-corrected chi connectivity index (χ1v) is 13.9. The van der Waals surface area contributed by atoms with Crippen LogP contribution in [0.2, 0.25) is 5.02 Å². The Balaban J connectivity index is 1.45. The van der Waals surface area contributed by atoms with E-state index in [2.05, 4.69) is 4.99 Å². The molecule has 0 saturated heterocycles. The Morgan fingerprint density at radius 1 is 1.12 bits per heavy atom. The van der Waals surface area contributed by atoms with Gasteiger partial charge < -0.3 is 9.47 Å². The number of allylic oxidation sites excluding steroid dienone is 1. The monoisotopic (exact) mass is 589 g/mol. The van der Waals surface area contributed by atoms with Crippen molar-refractivity contribution in [1.29, 1.82) is 0 Å². The minimum atomic E-state index is -0.781. The first-order valence-electron chi connectivity index (χ1n) is 12.7. The Labute approximate surface area is 243 Å². The van der Waals surface area contributed by atoms with E-state index in [-0.39, 0.29) is 30.0 Å². The van der Waals surface area contributed by atoms with Crippen LogP contribution in [0, 0.1) is 10.1 Å². The molecule has 41 heavy (non-hydrogen) atoms. The standard InChI is InChI=1S/C30H24ClN3O6S/c1-3-39-29(36)26-18(2)32-30-33(27(26)23-6-4-5-7-24(23)31)28(35)25(41-30)16-19-10-14-22(15-11-19)40-17-20-8-12-21(13-9-20)34(37)38/h4-16,27H,3,17H2,1-2H3/b25-16-/t27-/m1/s1. The summed E-state index contributed by atoms with van der Waals surface area (Å²) in [6.45, 7) is 3.88. The number of nitro benzene ring substituents is 1. The molecule has 0 unspecified atom stereocenters. The molecule has 1 aromatic heterocycles. The molecule has 5 rings (SSSR count). The number of carbonyl (C=O) groups is 1. The molecule has 0 bridgehead atoms. The molecule has 3 aromatic carbocycles. The zero-order valence-electron chi connectivity index (χ0n) is 22.1. The van der Waals surface area contributed by atoms with Crippen LogP contribution in [0.25, 0.3) is 6.08 Å². The van der Waals surface area contributed by atoms with E-state index in [1.54, 1.807) is 68.5 Å². The lowest BCUT2D eigenvalue weighted by Crippen LogP contribution is -2.40. The molecular formula is C30H24ClN3O6S. The van der Waals surface area contributed by atoms with Crippen LogP contribution >= 0.6 is 22.9 Å². The number of hydrogen-bond acceptors (Lipinski definition) is 8. The van der Waals surface area contributed by atoms with Crippen molar-refractivity contribution < 1.29 is 19.2 Å². The Hall–Kier alpha value is -4.54. The smallest absolute Gasteiger partial charge is 0.338 e. The number of thiazole rings is 1. The highest BCUT2D eigenvalue weighted by atomic mass is 35.5. The molecule has 0 radical (unpaired) electrons. The number of non-ortho nitro benzene ring substituents is 1. The van der Waals surface area contributed by atoms with Crippen molar-refractivity contribution in [1.82, 2.24) is 4.57 Å². The molecule has 0 fully saturated rings. The highest BCUT2D eigenvalue weighted by Gasteiger charge is 2.34. The third kappa shape index (κ3) is 5.84. The number of aromatic nitrogens is 1. The second kappa shape index (κ2) is 11.9. The summed E-state index contributed by atoms with van der Waals surface area (Å²) < 4.78 is 13.1. The second-order valence-corrected chi connectivity index (χ2v) is 10.5. The van der Waals surface area contributed by atoms with Gasteiger partial charge in [0.05, 0.1) is 27.3 Å². The third-order valence-corrected chi connectivity index (χ3v) is 7.77. The molecule has 11 heteroatoms. The van der Waals surface area contributed by atoms with Crippen molar-refractivity contribution in [3.63, 3.8) is 0 Å². The van der Waals surface area contributed by atoms with Crippen molar-refractivity contribution in [3.8, 4) is 5.75 Å². The number of hydrogen-bond donors (Lipinski definition) is 0. The van der Waals surface area contributed by atoms with Crippen LogP contribution in [-0.2, 0) is 16.1 Å². The van der Waals surface area contributed by atoms with Gasteiger partial charge in [0.1, 0.15) is 18.4 Å². The van der Waals surface area contributed by atoms with Gasteiger partial charge in [0.2, 0.25) is 0 Å². The Bertz CT molecular complexity index is 1840. The summed E-state index contributed by atoms with van der Waals surface area (Å²) in [6, 6.07) is 19.7. The van der Waals surface area contributed by atoms with Gasteiger partial charge in [0.15, 0.2) is 4.80 Å². The van der Waals surface area contributed by atoms with Gasteiger partial charge in [-0.2, -0.15) is 0 Å². The predicted molar refractivity (Wildman–Crippen MR) is 156 cm³/mol. The van der Waals surface area contributed by atoms with Crippen LogP contribution in [0.3, 0.4) is 0 Å². The first kappa shape index (κ1) is 28.0. The number of halogens is 1. The average Bonchev–Trinajstić information content (AvgIpc) is 3.26. The molecule has 9 nitrogen and oxygen atoms in total. The van der Waals surface area contributed by atoms with Gasteiger partial charge in [-0.1, -0.05) is 53.3 Å². The molecule has 1 aliphatic rings. The molecule has 1 atom stereocenters. The van der Waals surface area contributed by atoms with Gasteiger partial charge in [0.25, 0.3) is 11.2 Å². The van der Waals surface area contributed by atoms with Crippen molar-refractivity contribution in [2.45, 2.75) is 26.5 Å². The van der Waals surface area contributed by atoms with E-state index in [0.29, 0.717) is 31.4 Å². The lowest BCUT2D eigenvalue weighted by Gasteiger charge is -2.25. The predicted octanol–water partition coefficient (Wildman–Crippen LogP) is 4.94. The fourth-order valence-corrected chi connectivity index (χ4v) is 5.76. The summed E-state index contributed by atoms with van der Waals surface area (Å²) in [7, 11) is 0. The summed E-state index contributed by atoms with van der Waals surface area (Å²) in [4.78, 5) is 42.2. The molecule has 0 spiro atoms. The van der Waals surface area contributed by atoms with Crippen molar-refractivity contribution in [2.24, 2.45) is 4.99 Å². The van der Waals surface area contributed by atoms with Crippen LogP contribution in [-0.4, -0.2) is 22.1 Å². The number of fused-ring (bicyclic) bond motifs is 1. The van der Waals surface area contributed by atoms with Gasteiger partial charge in [-0.05, 0) is 66.9 Å². The number of benzene rings is 3. The maximum absolute atomic E-state index is 13.7. The molecule has 1 aliphatic heterocycles. The zero-order chi connectivity index (χ0) is 29.1. The topological polar surface area (TPSA) is 113 Å². The molecule has 0 N–H and O–H groups in total. The molecule has 208 valence electrons. The molecular weight excluding hydrogens is 566 g/mol. The third-order valence-electron chi connectivity index (χ3n) is 6.45. The van der Waals surface area contributed by atoms with E-state index in [0.717, 1.165) is 11.1 Å². The molecule has 0 amide bonds. The average molecular weight is 590 g/mol. The lowest BCUT2D eigenvalue weighted by atomic mass is 9.96. The number of carbonyl (C=O) groups excluding carboxylic acids is 1. The second-order valence-electron chi connectivity index (χ2n) is 9.11. The Morgan fingerprint density at radius 2 is 1.83 bits per heavy atom. The Kier molecular flexibility index (Phi) is 8.14. The van der Waals surface area contributed by atoms with E-state index in [1.807, 2.05) is 12.1 Å². The number of nitrogens with zero attached hydrogens (tertiary/aromatic N) is 3. The van der Waals surface area contributed by atoms with E-state index >= 15 is 0 Å². The maximum Gasteiger partial charge on any atom is 0.338 e. The molecule has 4 aromatic rings. The molecule has 2 heterocycles. The van der Waals surface area contributed by atoms with E-state index in [4.69, 9.17) is 21.1 Å².